The van der Waals surface area contributed by atoms with Crippen molar-refractivity contribution in [3.63, 3.8) is 0 Å². The topological polar surface area (TPSA) is 58.4 Å². The van der Waals surface area contributed by atoms with Crippen LogP contribution in [0.15, 0.2) is 0 Å². The molecule has 1 aliphatic heterocycles. The minimum absolute atomic E-state index is 0.0239. The van der Waals surface area contributed by atoms with Crippen LogP contribution >= 0.6 is 0 Å². The Hall–Kier alpha value is -0.610. The maximum atomic E-state index is 11.5. The molecule has 0 spiro atoms. The highest BCUT2D eigenvalue weighted by Gasteiger charge is 2.17. The van der Waals surface area contributed by atoms with Crippen LogP contribution in [0.25, 0.3) is 0 Å². The molecule has 4 heteroatoms. The predicted octanol–water partition coefficient (Wildman–Crippen LogP) is 0.182. The Morgan fingerprint density at radius 3 is 2.53 bits per heavy atom. The van der Waals surface area contributed by atoms with Crippen LogP contribution in [0.4, 0.5) is 0 Å². The molecule has 0 aromatic rings. The second-order valence-corrected chi connectivity index (χ2v) is 4.61. The minimum Gasteiger partial charge on any atom is -0.353 e. The van der Waals surface area contributed by atoms with E-state index in [1.807, 2.05) is 13.8 Å². The number of rotatable bonds is 5. The van der Waals surface area contributed by atoms with Crippen LogP contribution in [0.5, 0.6) is 0 Å². The molecule has 0 bridgehead atoms. The predicted molar refractivity (Wildman–Crippen MR) is 61.5 cm³/mol. The largest absolute Gasteiger partial charge is 0.353 e. The third-order valence-corrected chi connectivity index (χ3v) is 2.95. The molecule has 1 aliphatic rings. The Balaban J connectivity index is 2.11. The van der Waals surface area contributed by atoms with E-state index in [2.05, 4.69) is 10.2 Å². The molecule has 0 radical (unpaired) electrons. The molecule has 0 aromatic carbocycles. The van der Waals surface area contributed by atoms with Gasteiger partial charge < -0.3 is 16.0 Å². The number of amides is 1. The van der Waals surface area contributed by atoms with Crippen LogP contribution in [0, 0.1) is 5.92 Å². The Bertz CT molecular complexity index is 200. The van der Waals surface area contributed by atoms with Crippen LogP contribution < -0.4 is 11.1 Å². The van der Waals surface area contributed by atoms with E-state index >= 15 is 0 Å². The molecular formula is C11H23N3O. The van der Waals surface area contributed by atoms with Gasteiger partial charge in [-0.1, -0.05) is 13.8 Å². The molecule has 3 N–H and O–H groups in total. The molecule has 1 atom stereocenters. The van der Waals surface area contributed by atoms with E-state index in [-0.39, 0.29) is 17.9 Å². The summed E-state index contributed by atoms with van der Waals surface area (Å²) >= 11 is 0. The summed E-state index contributed by atoms with van der Waals surface area (Å²) < 4.78 is 0. The van der Waals surface area contributed by atoms with Gasteiger partial charge in [-0.15, -0.1) is 0 Å². The highest BCUT2D eigenvalue weighted by atomic mass is 16.2. The van der Waals surface area contributed by atoms with Crippen molar-refractivity contribution in [1.82, 2.24) is 10.2 Å². The van der Waals surface area contributed by atoms with E-state index in [1.54, 1.807) is 0 Å². The van der Waals surface area contributed by atoms with Gasteiger partial charge in [0.25, 0.3) is 0 Å². The summed E-state index contributed by atoms with van der Waals surface area (Å²) in [5.41, 5.74) is 5.73. The summed E-state index contributed by atoms with van der Waals surface area (Å²) in [5.74, 6) is 0.181. The Morgan fingerprint density at radius 1 is 1.40 bits per heavy atom. The lowest BCUT2D eigenvalue weighted by Gasteiger charge is -2.18. The van der Waals surface area contributed by atoms with Gasteiger partial charge >= 0.3 is 0 Å². The molecule has 0 saturated carbocycles. The second kappa shape index (κ2) is 6.08. The summed E-state index contributed by atoms with van der Waals surface area (Å²) in [6.07, 6.45) is 2.58. The van der Waals surface area contributed by atoms with Gasteiger partial charge in [-0.2, -0.15) is 0 Å². The van der Waals surface area contributed by atoms with Gasteiger partial charge in [0, 0.05) is 13.1 Å². The van der Waals surface area contributed by atoms with Crippen LogP contribution in [-0.2, 0) is 4.79 Å². The molecule has 1 amide bonds. The van der Waals surface area contributed by atoms with Gasteiger partial charge in [0.2, 0.25) is 5.91 Å². The zero-order chi connectivity index (χ0) is 11.3. The van der Waals surface area contributed by atoms with Crippen LogP contribution in [-0.4, -0.2) is 43.0 Å². The number of nitrogens with one attached hydrogen (secondary N) is 1. The van der Waals surface area contributed by atoms with Crippen molar-refractivity contribution in [2.45, 2.75) is 32.7 Å². The first kappa shape index (κ1) is 12.5. The summed E-state index contributed by atoms with van der Waals surface area (Å²) in [6.45, 7) is 7.95. The Labute approximate surface area is 92.2 Å². The number of carbonyl (C=O) groups is 1. The Kier molecular flexibility index (Phi) is 5.05. The van der Waals surface area contributed by atoms with Gasteiger partial charge in [-0.3, -0.25) is 4.79 Å². The van der Waals surface area contributed by atoms with E-state index < -0.39 is 0 Å². The van der Waals surface area contributed by atoms with E-state index in [0.717, 1.165) is 13.1 Å². The monoisotopic (exact) mass is 213 g/mol. The fourth-order valence-corrected chi connectivity index (χ4v) is 1.76. The molecule has 1 rings (SSSR count). The van der Waals surface area contributed by atoms with E-state index in [9.17, 15) is 4.79 Å². The average Bonchev–Trinajstić information content (AvgIpc) is 2.69. The van der Waals surface area contributed by atoms with Gasteiger partial charge in [-0.25, -0.2) is 0 Å². The highest BCUT2D eigenvalue weighted by Crippen LogP contribution is 2.05. The number of nitrogens with two attached hydrogens (primary N) is 1. The van der Waals surface area contributed by atoms with Crippen molar-refractivity contribution in [2.75, 3.05) is 26.2 Å². The number of likely N-dealkylation sites (tertiary alicyclic amines) is 1. The SMILES string of the molecule is CC(C)[C@H](N)C(=O)NCCN1CCCC1. The number of carbonyl (C=O) groups excluding carboxylic acids is 1. The number of hydrogen-bond donors (Lipinski definition) is 2. The van der Waals surface area contributed by atoms with Crippen molar-refractivity contribution in [3.8, 4) is 0 Å². The summed E-state index contributed by atoms with van der Waals surface area (Å²) in [4.78, 5) is 13.9. The summed E-state index contributed by atoms with van der Waals surface area (Å²) in [6, 6.07) is -0.372. The summed E-state index contributed by atoms with van der Waals surface area (Å²) in [5, 5.41) is 2.89. The molecule has 1 saturated heterocycles. The average molecular weight is 213 g/mol. The second-order valence-electron chi connectivity index (χ2n) is 4.61. The molecule has 0 aliphatic carbocycles. The van der Waals surface area contributed by atoms with Gasteiger partial charge in [0.05, 0.1) is 6.04 Å². The van der Waals surface area contributed by atoms with Crippen LogP contribution in [0.2, 0.25) is 0 Å². The lowest BCUT2D eigenvalue weighted by molar-refractivity contribution is -0.123. The fourth-order valence-electron chi connectivity index (χ4n) is 1.76. The van der Waals surface area contributed by atoms with Crippen LogP contribution in [0.3, 0.4) is 0 Å². The third kappa shape index (κ3) is 4.18. The standard InChI is InChI=1S/C11H23N3O/c1-9(2)10(12)11(15)13-5-8-14-6-3-4-7-14/h9-10H,3-8,12H2,1-2H3,(H,13,15)/t10-/m0/s1. The van der Waals surface area contributed by atoms with Crippen LogP contribution in [0.1, 0.15) is 26.7 Å². The maximum absolute atomic E-state index is 11.5. The third-order valence-electron chi connectivity index (χ3n) is 2.95. The zero-order valence-electron chi connectivity index (χ0n) is 9.83. The van der Waals surface area contributed by atoms with Gasteiger partial charge in [-0.05, 0) is 31.8 Å². The molecule has 1 heterocycles. The number of nitrogens with zero attached hydrogens (tertiary/aromatic N) is 1. The molecule has 0 unspecified atom stereocenters. The van der Waals surface area contributed by atoms with Crippen molar-refractivity contribution >= 4 is 5.91 Å². The van der Waals surface area contributed by atoms with E-state index in [4.69, 9.17) is 5.73 Å². The quantitative estimate of drug-likeness (QED) is 0.685. The molecule has 0 aromatic heterocycles. The highest BCUT2D eigenvalue weighted by molar-refractivity contribution is 5.81. The van der Waals surface area contributed by atoms with E-state index in [0.29, 0.717) is 0 Å². The summed E-state index contributed by atoms with van der Waals surface area (Å²) in [7, 11) is 0. The Morgan fingerprint density at radius 2 is 2.00 bits per heavy atom. The first-order valence-electron chi connectivity index (χ1n) is 5.87. The maximum Gasteiger partial charge on any atom is 0.237 e. The molecular weight excluding hydrogens is 190 g/mol. The molecule has 4 nitrogen and oxygen atoms in total. The van der Waals surface area contributed by atoms with Crippen molar-refractivity contribution in [2.24, 2.45) is 11.7 Å². The van der Waals surface area contributed by atoms with Crippen molar-refractivity contribution < 1.29 is 4.79 Å². The van der Waals surface area contributed by atoms with Crippen molar-refractivity contribution in [3.05, 3.63) is 0 Å². The first-order valence-corrected chi connectivity index (χ1v) is 5.87. The lowest BCUT2D eigenvalue weighted by Crippen LogP contribution is -2.45. The first-order chi connectivity index (χ1) is 7.11. The fraction of sp³-hybridized carbons (Fsp3) is 0.909. The molecule has 15 heavy (non-hydrogen) atoms. The normalized spacial score (nSPS) is 19.5. The minimum atomic E-state index is -0.372. The van der Waals surface area contributed by atoms with Crippen molar-refractivity contribution in [1.29, 1.82) is 0 Å². The lowest BCUT2D eigenvalue weighted by atomic mass is 10.1. The van der Waals surface area contributed by atoms with Gasteiger partial charge in [0.15, 0.2) is 0 Å². The molecule has 88 valence electrons. The van der Waals surface area contributed by atoms with Gasteiger partial charge in [0.1, 0.15) is 0 Å². The zero-order valence-corrected chi connectivity index (χ0v) is 9.83. The smallest absolute Gasteiger partial charge is 0.237 e. The molecule has 1 fully saturated rings. The van der Waals surface area contributed by atoms with E-state index in [1.165, 1.54) is 25.9 Å². The number of hydrogen-bond acceptors (Lipinski definition) is 3.